The number of carbonyl (C=O) groups excluding carboxylic acids is 1. The van der Waals surface area contributed by atoms with Crippen molar-refractivity contribution >= 4 is 22.6 Å². The maximum absolute atomic E-state index is 13.4. The molecule has 0 saturated heterocycles. The van der Waals surface area contributed by atoms with Crippen LogP contribution in [0.2, 0.25) is 0 Å². The van der Waals surface area contributed by atoms with Gasteiger partial charge in [0.15, 0.2) is 0 Å². The van der Waals surface area contributed by atoms with Gasteiger partial charge < -0.3 is 10.1 Å². The van der Waals surface area contributed by atoms with E-state index in [2.05, 4.69) is 10.4 Å². The number of nitrogens with one attached hydrogen (secondary N) is 1. The number of halogens is 1. The topological polar surface area (TPSA) is 99.6 Å². The van der Waals surface area contributed by atoms with E-state index in [1.807, 2.05) is 12.1 Å². The zero-order valence-corrected chi connectivity index (χ0v) is 19.3. The second-order valence-corrected chi connectivity index (χ2v) is 8.24. The molecule has 1 amide bonds. The molecule has 2 heterocycles. The Morgan fingerprint density at radius 3 is 2.56 bits per heavy atom. The van der Waals surface area contributed by atoms with Crippen LogP contribution in [0.1, 0.15) is 11.1 Å². The number of rotatable bonds is 7. The Balaban J connectivity index is 1.51. The fourth-order valence-corrected chi connectivity index (χ4v) is 4.06. The summed E-state index contributed by atoms with van der Waals surface area (Å²) in [5, 5.41) is 7.44. The van der Waals surface area contributed by atoms with Crippen LogP contribution in [0.15, 0.2) is 82.4 Å². The van der Waals surface area contributed by atoms with Gasteiger partial charge in [-0.2, -0.15) is 0 Å². The number of aromatic nitrogens is 4. The highest BCUT2D eigenvalue weighted by atomic mass is 19.1. The highest BCUT2D eigenvalue weighted by Crippen LogP contribution is 2.14. The molecule has 3 aromatic carbocycles. The van der Waals surface area contributed by atoms with Gasteiger partial charge in [-0.15, -0.1) is 5.10 Å². The van der Waals surface area contributed by atoms with Crippen LogP contribution in [0.25, 0.3) is 16.7 Å². The third kappa shape index (κ3) is 4.36. The van der Waals surface area contributed by atoms with Gasteiger partial charge in [-0.25, -0.2) is 18.3 Å². The summed E-state index contributed by atoms with van der Waals surface area (Å²) in [5.41, 5.74) is 0.992. The number of amides is 1. The standard InChI is InChI=1S/C26H22FN5O4/c1-36-20-6-4-5-18(13-20)14-28-23(33)16-31-26(35)32-22-8-3-2-7-21(22)24(34)30(25(32)29-31)15-17-9-11-19(27)12-10-17/h2-13H,14-16H2,1H3,(H,28,33). The molecule has 0 fully saturated rings. The molecule has 0 unspecified atom stereocenters. The first-order chi connectivity index (χ1) is 17.4. The van der Waals surface area contributed by atoms with Crippen LogP contribution >= 0.6 is 0 Å². The van der Waals surface area contributed by atoms with E-state index in [-0.39, 0.29) is 31.0 Å². The van der Waals surface area contributed by atoms with Gasteiger partial charge in [0.2, 0.25) is 11.7 Å². The van der Waals surface area contributed by atoms with Crippen molar-refractivity contribution in [1.29, 1.82) is 0 Å². The van der Waals surface area contributed by atoms with Crippen molar-refractivity contribution < 1.29 is 13.9 Å². The Hall–Kier alpha value is -4.73. The predicted octanol–water partition coefficient (Wildman–Crippen LogP) is 2.32. The van der Waals surface area contributed by atoms with Crippen molar-refractivity contribution in [2.45, 2.75) is 19.6 Å². The first kappa shape index (κ1) is 23.0. The molecule has 10 heteroatoms. The van der Waals surface area contributed by atoms with E-state index in [1.54, 1.807) is 55.6 Å². The van der Waals surface area contributed by atoms with Gasteiger partial charge >= 0.3 is 5.69 Å². The molecule has 0 atom stereocenters. The summed E-state index contributed by atoms with van der Waals surface area (Å²) in [5.74, 6) is -0.0479. The quantitative estimate of drug-likeness (QED) is 0.380. The number of carbonyl (C=O) groups is 1. The molecule has 0 saturated carbocycles. The summed E-state index contributed by atoms with van der Waals surface area (Å²) in [7, 11) is 1.56. The van der Waals surface area contributed by atoms with Crippen LogP contribution in [-0.4, -0.2) is 31.8 Å². The molecule has 0 aliphatic heterocycles. The Kier molecular flexibility index (Phi) is 6.07. The van der Waals surface area contributed by atoms with Crippen LogP contribution in [0.5, 0.6) is 5.75 Å². The van der Waals surface area contributed by atoms with Gasteiger partial charge in [0.25, 0.3) is 5.56 Å². The summed E-state index contributed by atoms with van der Waals surface area (Å²) in [6, 6.07) is 19.7. The minimum absolute atomic E-state index is 0.0753. The molecule has 5 rings (SSSR count). The molecule has 182 valence electrons. The van der Waals surface area contributed by atoms with E-state index in [0.717, 1.165) is 10.2 Å². The van der Waals surface area contributed by atoms with Crippen molar-refractivity contribution in [3.8, 4) is 5.75 Å². The lowest BCUT2D eigenvalue weighted by Gasteiger charge is -2.09. The van der Waals surface area contributed by atoms with Crippen molar-refractivity contribution in [3.63, 3.8) is 0 Å². The molecule has 2 aromatic heterocycles. The molecule has 0 spiro atoms. The van der Waals surface area contributed by atoms with Crippen molar-refractivity contribution in [1.82, 2.24) is 24.1 Å². The third-order valence-corrected chi connectivity index (χ3v) is 5.86. The van der Waals surface area contributed by atoms with E-state index >= 15 is 0 Å². The number of nitrogens with zero attached hydrogens (tertiary/aromatic N) is 4. The summed E-state index contributed by atoms with van der Waals surface area (Å²) < 4.78 is 22.3. The molecule has 5 aromatic rings. The molecule has 0 aliphatic rings. The van der Waals surface area contributed by atoms with Crippen molar-refractivity contribution in [3.05, 3.63) is 111 Å². The molecular weight excluding hydrogens is 465 g/mol. The van der Waals surface area contributed by atoms with Crippen LogP contribution in [0.4, 0.5) is 4.39 Å². The van der Waals surface area contributed by atoms with Gasteiger partial charge in [-0.05, 0) is 47.5 Å². The number of fused-ring (bicyclic) bond motifs is 3. The average molecular weight is 487 g/mol. The smallest absolute Gasteiger partial charge is 0.352 e. The number of hydrogen-bond acceptors (Lipinski definition) is 5. The zero-order chi connectivity index (χ0) is 25.2. The van der Waals surface area contributed by atoms with E-state index in [9.17, 15) is 18.8 Å². The Morgan fingerprint density at radius 2 is 1.78 bits per heavy atom. The second-order valence-electron chi connectivity index (χ2n) is 8.24. The molecule has 0 radical (unpaired) electrons. The lowest BCUT2D eigenvalue weighted by atomic mass is 10.2. The Labute approximate surface area is 204 Å². The lowest BCUT2D eigenvalue weighted by Crippen LogP contribution is -2.32. The van der Waals surface area contributed by atoms with Crippen molar-refractivity contribution in [2.24, 2.45) is 0 Å². The minimum Gasteiger partial charge on any atom is -0.497 e. The number of benzene rings is 3. The van der Waals surface area contributed by atoms with E-state index < -0.39 is 17.4 Å². The molecule has 36 heavy (non-hydrogen) atoms. The molecule has 1 N–H and O–H groups in total. The van der Waals surface area contributed by atoms with Gasteiger partial charge in [-0.1, -0.05) is 36.4 Å². The van der Waals surface area contributed by atoms with Gasteiger partial charge in [0, 0.05) is 6.54 Å². The van der Waals surface area contributed by atoms with Crippen LogP contribution in [0.3, 0.4) is 0 Å². The largest absolute Gasteiger partial charge is 0.497 e. The minimum atomic E-state index is -0.550. The Bertz CT molecular complexity index is 1700. The van der Waals surface area contributed by atoms with Crippen LogP contribution < -0.4 is 21.3 Å². The molecular formula is C26H22FN5O4. The molecule has 0 aliphatic carbocycles. The normalized spacial score (nSPS) is 11.2. The lowest BCUT2D eigenvalue weighted by molar-refractivity contribution is -0.122. The zero-order valence-electron chi connectivity index (χ0n) is 19.3. The van der Waals surface area contributed by atoms with Gasteiger partial charge in [-0.3, -0.25) is 14.2 Å². The van der Waals surface area contributed by atoms with E-state index in [0.29, 0.717) is 22.2 Å². The number of hydrogen-bond donors (Lipinski definition) is 1. The SMILES string of the molecule is COc1cccc(CNC(=O)Cn2nc3n(Cc4ccc(F)cc4)c(=O)c4ccccc4n3c2=O)c1. The second kappa shape index (κ2) is 9.49. The van der Waals surface area contributed by atoms with Gasteiger partial charge in [0.05, 0.1) is 24.6 Å². The third-order valence-electron chi connectivity index (χ3n) is 5.86. The fraction of sp³-hybridized carbons (Fsp3) is 0.154. The predicted molar refractivity (Wildman–Crippen MR) is 132 cm³/mol. The average Bonchev–Trinajstić information content (AvgIpc) is 3.22. The maximum atomic E-state index is 13.4. The fourth-order valence-electron chi connectivity index (χ4n) is 4.06. The van der Waals surface area contributed by atoms with E-state index in [1.165, 1.54) is 21.1 Å². The summed E-state index contributed by atoms with van der Waals surface area (Å²) in [6.07, 6.45) is 0. The van der Waals surface area contributed by atoms with Gasteiger partial charge in [0.1, 0.15) is 18.1 Å². The van der Waals surface area contributed by atoms with Crippen molar-refractivity contribution in [2.75, 3.05) is 7.11 Å². The number of para-hydroxylation sites is 1. The van der Waals surface area contributed by atoms with E-state index in [4.69, 9.17) is 4.74 Å². The monoisotopic (exact) mass is 487 g/mol. The number of ether oxygens (including phenoxy) is 1. The molecule has 0 bridgehead atoms. The summed E-state index contributed by atoms with van der Waals surface area (Å²) >= 11 is 0. The first-order valence-electron chi connectivity index (χ1n) is 11.2. The highest BCUT2D eigenvalue weighted by molar-refractivity contribution is 5.80. The highest BCUT2D eigenvalue weighted by Gasteiger charge is 2.19. The Morgan fingerprint density at radius 1 is 1.00 bits per heavy atom. The number of methoxy groups -OCH3 is 1. The molecule has 9 nitrogen and oxygen atoms in total. The maximum Gasteiger partial charge on any atom is 0.352 e. The first-order valence-corrected chi connectivity index (χ1v) is 11.2. The van der Waals surface area contributed by atoms with Crippen LogP contribution in [0, 0.1) is 5.82 Å². The summed E-state index contributed by atoms with van der Waals surface area (Å²) in [6.45, 7) is -0.00809. The summed E-state index contributed by atoms with van der Waals surface area (Å²) in [4.78, 5) is 39.3. The van der Waals surface area contributed by atoms with Crippen LogP contribution in [-0.2, 0) is 24.4 Å².